The van der Waals surface area contributed by atoms with Gasteiger partial charge in [-0.1, -0.05) is 64.8 Å². The molecule has 30 heteroatoms. The Morgan fingerprint density at radius 3 is 1.46 bits per heavy atom. The Morgan fingerprint density at radius 2 is 1.00 bits per heavy atom. The maximum Gasteiger partial charge on any atom is 0.326 e. The second-order valence-corrected chi connectivity index (χ2v) is 20.1. The van der Waals surface area contributed by atoms with Crippen molar-refractivity contribution in [3.63, 3.8) is 0 Å². The molecular formula is C52H82N14O15S. The monoisotopic (exact) mass is 1170 g/mol. The third kappa shape index (κ3) is 24.9. The smallest absolute Gasteiger partial charge is 0.326 e. The lowest BCUT2D eigenvalue weighted by atomic mass is 9.96. The highest BCUT2D eigenvalue weighted by atomic mass is 32.1. The fourth-order valence-corrected chi connectivity index (χ4v) is 8.02. The molecule has 0 aliphatic rings. The Morgan fingerprint density at radius 1 is 0.561 bits per heavy atom. The number of benzene rings is 2. The zero-order chi connectivity index (χ0) is 61.6. The van der Waals surface area contributed by atoms with Crippen LogP contribution in [0.25, 0.3) is 0 Å². The van der Waals surface area contributed by atoms with Crippen LogP contribution in [0.15, 0.2) is 53.5 Å². The van der Waals surface area contributed by atoms with Gasteiger partial charge in [-0.05, 0) is 79.5 Å². The highest BCUT2D eigenvalue weighted by Gasteiger charge is 2.37. The van der Waals surface area contributed by atoms with Crippen LogP contribution in [0.1, 0.15) is 77.3 Å². The molecule has 0 saturated carbocycles. The van der Waals surface area contributed by atoms with Crippen LogP contribution in [0, 0.1) is 11.8 Å². The first-order valence-electron chi connectivity index (χ1n) is 26.6. The van der Waals surface area contributed by atoms with Crippen molar-refractivity contribution in [3.05, 3.63) is 59.7 Å². The highest BCUT2D eigenvalue weighted by molar-refractivity contribution is 7.80. The maximum atomic E-state index is 14.6. The first kappa shape index (κ1) is 70.3. The number of unbranched alkanes of at least 4 members (excludes halogenated alkanes) is 1. The summed E-state index contributed by atoms with van der Waals surface area (Å²) in [6.45, 7) is 4.29. The van der Waals surface area contributed by atoms with Crippen LogP contribution in [0.4, 0.5) is 0 Å². The predicted molar refractivity (Wildman–Crippen MR) is 303 cm³/mol. The van der Waals surface area contributed by atoms with Gasteiger partial charge in [0, 0.05) is 25.1 Å². The molecule has 22 N–H and O–H groups in total. The van der Waals surface area contributed by atoms with E-state index in [1.807, 2.05) is 0 Å². The number of phenols is 2. The molecule has 0 unspecified atom stereocenters. The number of phenolic OH excluding ortho intramolecular Hbond substituents is 2. The van der Waals surface area contributed by atoms with Gasteiger partial charge in [-0.3, -0.25) is 48.1 Å². The van der Waals surface area contributed by atoms with Crippen LogP contribution >= 0.6 is 12.6 Å². The number of carboxylic acids is 1. The Bertz CT molecular complexity index is 2470. The van der Waals surface area contributed by atoms with Gasteiger partial charge >= 0.3 is 5.97 Å². The Hall–Kier alpha value is -7.80. The summed E-state index contributed by atoms with van der Waals surface area (Å²) < 4.78 is 0. The molecule has 0 fully saturated rings. The largest absolute Gasteiger partial charge is 0.508 e. The first-order valence-corrected chi connectivity index (χ1v) is 27.2. The van der Waals surface area contributed by atoms with Crippen LogP contribution in [-0.4, -0.2) is 184 Å². The van der Waals surface area contributed by atoms with Gasteiger partial charge in [0.15, 0.2) is 5.96 Å². The van der Waals surface area contributed by atoms with E-state index in [2.05, 4.69) is 65.5 Å². The minimum Gasteiger partial charge on any atom is -0.508 e. The van der Waals surface area contributed by atoms with E-state index < -0.39 is 145 Å². The number of hydrogen-bond donors (Lipinski definition) is 19. The lowest BCUT2D eigenvalue weighted by Gasteiger charge is -2.30. The van der Waals surface area contributed by atoms with E-state index in [0.717, 1.165) is 0 Å². The molecule has 2 aromatic carbocycles. The number of carbonyl (C=O) groups is 10. The quantitative estimate of drug-likeness (QED) is 0.0130. The molecule has 0 aliphatic carbocycles. The molecule has 0 radical (unpaired) electrons. The number of nitrogens with one attached hydrogen (secondary N) is 9. The molecule has 2 rings (SSSR count). The number of carboxylic acid groups (broad SMARTS) is 1. The molecule has 82 heavy (non-hydrogen) atoms. The van der Waals surface area contributed by atoms with Gasteiger partial charge in [0.2, 0.25) is 53.2 Å². The average Bonchev–Trinajstić information content (AvgIpc) is 3.49. The number of aliphatic carboxylic acids is 1. The van der Waals surface area contributed by atoms with Gasteiger partial charge < -0.3 is 96.3 Å². The van der Waals surface area contributed by atoms with Gasteiger partial charge in [0.05, 0.1) is 25.8 Å². The van der Waals surface area contributed by atoms with E-state index in [0.29, 0.717) is 36.9 Å². The van der Waals surface area contributed by atoms with Crippen LogP contribution in [0.2, 0.25) is 0 Å². The number of amides is 9. The van der Waals surface area contributed by atoms with Crippen molar-refractivity contribution < 1.29 is 73.5 Å². The number of guanidine groups is 1. The molecule has 0 bridgehead atoms. The fourth-order valence-electron chi connectivity index (χ4n) is 7.77. The summed E-state index contributed by atoms with van der Waals surface area (Å²) in [5.41, 5.74) is 22.8. The zero-order valence-corrected chi connectivity index (χ0v) is 47.3. The molecule has 2 aromatic rings. The van der Waals surface area contributed by atoms with E-state index in [4.69, 9.17) is 22.9 Å². The summed E-state index contributed by atoms with van der Waals surface area (Å²) in [6.07, 6.45) is 1.39. The molecule has 0 saturated heterocycles. The molecule has 0 spiro atoms. The van der Waals surface area contributed by atoms with Gasteiger partial charge in [0.25, 0.3) is 0 Å². The zero-order valence-electron chi connectivity index (χ0n) is 46.4. The number of nitrogens with two attached hydrogens (primary N) is 4. The summed E-state index contributed by atoms with van der Waals surface area (Å²) in [5.74, 6) is -11.8. The van der Waals surface area contributed by atoms with Gasteiger partial charge in [-0.2, -0.15) is 12.6 Å². The Balaban J connectivity index is 2.39. The lowest BCUT2D eigenvalue weighted by molar-refractivity contribution is -0.143. The van der Waals surface area contributed by atoms with Gasteiger partial charge in [-0.15, -0.1) is 0 Å². The summed E-state index contributed by atoms with van der Waals surface area (Å²) in [6, 6.07) is -1.93. The molecule has 0 aromatic heterocycles. The number of hydrogen-bond acceptors (Lipinski definition) is 18. The third-order valence-corrected chi connectivity index (χ3v) is 13.2. The molecule has 0 aliphatic heterocycles. The first-order chi connectivity index (χ1) is 38.8. The molecular weight excluding hydrogens is 1090 g/mol. The second kappa shape index (κ2) is 36.5. The number of carbonyl (C=O) groups excluding carboxylic acids is 9. The normalized spacial score (nSPS) is 14.7. The highest BCUT2D eigenvalue weighted by Crippen LogP contribution is 2.16. The third-order valence-electron chi connectivity index (χ3n) is 12.8. The minimum absolute atomic E-state index is 0.0707. The van der Waals surface area contributed by atoms with E-state index in [1.165, 1.54) is 48.5 Å². The number of aliphatic hydroxyl groups excluding tert-OH is 2. The molecule has 29 nitrogen and oxygen atoms in total. The van der Waals surface area contributed by atoms with Crippen molar-refractivity contribution in [2.75, 3.05) is 38.6 Å². The maximum absolute atomic E-state index is 14.6. The number of nitrogens with zero attached hydrogens (tertiary/aromatic N) is 1. The van der Waals surface area contributed by atoms with Crippen LogP contribution < -0.4 is 70.8 Å². The SMILES string of the molecule is CC[C@H](C)[C@H](NC(=O)[C@H](CO)NC(=O)[C@H](CO)NC(=O)[C@H](CS)NC(=O)CNC(=O)[C@@H](N)CCCCN)C(=O)N[C@@H](Cc1ccc(O)cc1)C(=O)N[C@@H](Cc1ccc(O)cc1)C(=O)N[C@H](C(=O)N[C@@H](CCCN=C(N)N)C(=O)O)C(C)C. The summed E-state index contributed by atoms with van der Waals surface area (Å²) in [7, 11) is 0. The number of aliphatic hydroxyl groups is 2. The van der Waals surface area contributed by atoms with Crippen molar-refractivity contribution in [3.8, 4) is 11.5 Å². The van der Waals surface area contributed by atoms with Gasteiger partial charge in [-0.25, -0.2) is 4.79 Å². The molecule has 9 amide bonds. The number of rotatable bonds is 37. The topological polar surface area (TPSA) is 497 Å². The van der Waals surface area contributed by atoms with Crippen molar-refractivity contribution in [1.29, 1.82) is 0 Å². The van der Waals surface area contributed by atoms with Crippen LogP contribution in [0.5, 0.6) is 11.5 Å². The van der Waals surface area contributed by atoms with Crippen LogP contribution in [-0.2, 0) is 60.8 Å². The fraction of sp³-hybridized carbons (Fsp3) is 0.558. The Labute approximate surface area is 480 Å². The van der Waals surface area contributed by atoms with E-state index >= 15 is 0 Å². The van der Waals surface area contributed by atoms with Crippen molar-refractivity contribution in [1.82, 2.24) is 47.9 Å². The Kier molecular flexibility index (Phi) is 31.3. The molecule has 10 atom stereocenters. The summed E-state index contributed by atoms with van der Waals surface area (Å²) >= 11 is 4.08. The van der Waals surface area contributed by atoms with Gasteiger partial charge in [0.1, 0.15) is 59.8 Å². The van der Waals surface area contributed by atoms with Crippen molar-refractivity contribution >= 4 is 77.7 Å². The minimum atomic E-state index is -1.80. The summed E-state index contributed by atoms with van der Waals surface area (Å²) in [5, 5.41) is 72.2. The number of aromatic hydroxyl groups is 2. The standard InChI is InChI=1S/C52H82N14O15S/c1-5-28(4)42(66-47(76)38(25-68)63-46(75)37(24-67)64-48(77)39(26-82)59-40(71)23-58-43(72)33(54)9-6-7-19-53)50(79)62-35(21-29-11-15-31(69)16-12-29)44(73)61-36(22-30-13-17-32(70)18-14-30)45(74)65-41(27(2)3)49(78)60-34(51(80)81)10-8-20-57-52(55)56/h11-18,27-28,33-39,41-42,67-70,82H,5-10,19-26,53-54H2,1-4H3,(H,58,72)(H,59,71)(H,60,78)(H,61,73)(H,62,79)(H,63,75)(H,64,77)(H,65,74)(H,66,76)(H,80,81)(H4,55,56,57)/t28-,33-,34-,35-,36-,37-,38-,39-,41-,42-/m0/s1. The predicted octanol–water partition coefficient (Wildman–Crippen LogP) is -4.91. The molecule has 0 heterocycles. The second-order valence-electron chi connectivity index (χ2n) is 19.7. The van der Waals surface area contributed by atoms with E-state index in [-0.39, 0.29) is 61.9 Å². The molecule has 456 valence electrons. The van der Waals surface area contributed by atoms with Crippen molar-refractivity contribution in [2.45, 2.75) is 133 Å². The number of aliphatic imine (C=N–C) groups is 1. The van der Waals surface area contributed by atoms with Crippen molar-refractivity contribution in [2.24, 2.45) is 39.8 Å². The number of thiol groups is 1. The summed E-state index contributed by atoms with van der Waals surface area (Å²) in [4.78, 5) is 138. The van der Waals surface area contributed by atoms with E-state index in [9.17, 15) is 73.5 Å². The van der Waals surface area contributed by atoms with Crippen LogP contribution in [0.3, 0.4) is 0 Å². The lowest BCUT2D eigenvalue weighted by Crippen LogP contribution is -2.62. The van der Waals surface area contributed by atoms with E-state index in [1.54, 1.807) is 27.7 Å². The average molecular weight is 1180 g/mol.